The van der Waals surface area contributed by atoms with E-state index in [2.05, 4.69) is 22.1 Å². The summed E-state index contributed by atoms with van der Waals surface area (Å²) in [4.78, 5) is 9.79. The van der Waals surface area contributed by atoms with E-state index in [-0.39, 0.29) is 0 Å². The normalized spacial score (nSPS) is 16.3. The maximum Gasteiger partial charge on any atom is 0.132 e. The van der Waals surface area contributed by atoms with E-state index in [4.69, 9.17) is 14.5 Å². The number of aromatic nitrogens is 1. The van der Waals surface area contributed by atoms with Crippen molar-refractivity contribution in [2.24, 2.45) is 0 Å². The summed E-state index contributed by atoms with van der Waals surface area (Å²) in [5.41, 5.74) is 2.16. The van der Waals surface area contributed by atoms with Crippen LogP contribution in [0.3, 0.4) is 0 Å². The molecule has 6 heteroatoms. The molecule has 1 fully saturated rings. The van der Waals surface area contributed by atoms with Gasteiger partial charge in [-0.2, -0.15) is 0 Å². The quantitative estimate of drug-likeness (QED) is 0.803. The standard InChI is InChI=1S/C18H25N3O2S/c1-4-20-7-9-21(10-8-20)12-14-13-24-18(19-14)16-6-5-15(22-2)11-17(16)23-3/h5-6,11,13H,4,7-10,12H2,1-3H3. The van der Waals surface area contributed by atoms with Crippen molar-refractivity contribution in [3.8, 4) is 22.1 Å². The fourth-order valence-corrected chi connectivity index (χ4v) is 3.81. The van der Waals surface area contributed by atoms with Crippen molar-refractivity contribution < 1.29 is 9.47 Å². The highest BCUT2D eigenvalue weighted by Crippen LogP contribution is 2.35. The third-order valence-corrected chi connectivity index (χ3v) is 5.41. The van der Waals surface area contributed by atoms with Gasteiger partial charge in [-0.15, -0.1) is 11.3 Å². The molecule has 3 rings (SSSR count). The first kappa shape index (κ1) is 17.2. The van der Waals surface area contributed by atoms with Crippen LogP contribution in [-0.2, 0) is 6.54 Å². The van der Waals surface area contributed by atoms with Crippen LogP contribution < -0.4 is 9.47 Å². The third-order valence-electron chi connectivity index (χ3n) is 4.49. The molecule has 0 atom stereocenters. The Morgan fingerprint density at radius 1 is 1.08 bits per heavy atom. The van der Waals surface area contributed by atoms with Gasteiger partial charge < -0.3 is 14.4 Å². The smallest absolute Gasteiger partial charge is 0.132 e. The predicted molar refractivity (Wildman–Crippen MR) is 98.0 cm³/mol. The number of rotatable bonds is 6. The largest absolute Gasteiger partial charge is 0.497 e. The lowest BCUT2D eigenvalue weighted by Crippen LogP contribution is -2.45. The Hall–Kier alpha value is -1.63. The summed E-state index contributed by atoms with van der Waals surface area (Å²) in [7, 11) is 3.34. The van der Waals surface area contributed by atoms with E-state index in [9.17, 15) is 0 Å². The van der Waals surface area contributed by atoms with Gasteiger partial charge in [-0.25, -0.2) is 4.98 Å². The zero-order valence-electron chi connectivity index (χ0n) is 14.6. The Morgan fingerprint density at radius 3 is 2.50 bits per heavy atom. The van der Waals surface area contributed by atoms with Crippen LogP contribution in [0.2, 0.25) is 0 Å². The van der Waals surface area contributed by atoms with Crippen LogP contribution in [0, 0.1) is 0 Å². The Labute approximate surface area is 147 Å². The highest BCUT2D eigenvalue weighted by molar-refractivity contribution is 7.13. The second-order valence-electron chi connectivity index (χ2n) is 5.92. The number of methoxy groups -OCH3 is 2. The minimum absolute atomic E-state index is 0.793. The Bertz CT molecular complexity index is 666. The van der Waals surface area contributed by atoms with E-state index < -0.39 is 0 Å². The van der Waals surface area contributed by atoms with Gasteiger partial charge in [-0.05, 0) is 18.7 Å². The Balaban J connectivity index is 1.70. The van der Waals surface area contributed by atoms with Crippen molar-refractivity contribution in [3.63, 3.8) is 0 Å². The molecule has 2 heterocycles. The number of piperazine rings is 1. The highest BCUT2D eigenvalue weighted by atomic mass is 32.1. The van der Waals surface area contributed by atoms with Gasteiger partial charge in [0, 0.05) is 44.2 Å². The minimum Gasteiger partial charge on any atom is -0.497 e. The minimum atomic E-state index is 0.793. The van der Waals surface area contributed by atoms with E-state index in [0.717, 1.165) is 67.0 Å². The first-order chi connectivity index (χ1) is 11.7. The van der Waals surface area contributed by atoms with Crippen LogP contribution in [0.5, 0.6) is 11.5 Å². The van der Waals surface area contributed by atoms with Gasteiger partial charge in [0.2, 0.25) is 0 Å². The number of likely N-dealkylation sites (N-methyl/N-ethyl adjacent to an activating group) is 1. The van der Waals surface area contributed by atoms with Gasteiger partial charge in [0.25, 0.3) is 0 Å². The number of hydrogen-bond acceptors (Lipinski definition) is 6. The molecule has 1 saturated heterocycles. The van der Waals surface area contributed by atoms with Crippen molar-refractivity contribution in [3.05, 3.63) is 29.3 Å². The first-order valence-corrected chi connectivity index (χ1v) is 9.23. The summed E-state index contributed by atoms with van der Waals surface area (Å²) in [5.74, 6) is 1.59. The number of thiazole rings is 1. The van der Waals surface area contributed by atoms with Crippen molar-refractivity contribution in [1.82, 2.24) is 14.8 Å². The molecule has 0 N–H and O–H groups in total. The number of ether oxygens (including phenoxy) is 2. The Kier molecular flexibility index (Phi) is 5.71. The average molecular weight is 347 g/mol. The molecule has 1 aromatic heterocycles. The molecule has 0 spiro atoms. The average Bonchev–Trinajstić information content (AvgIpc) is 3.10. The lowest BCUT2D eigenvalue weighted by Gasteiger charge is -2.33. The maximum absolute atomic E-state index is 5.50. The van der Waals surface area contributed by atoms with Crippen molar-refractivity contribution in [1.29, 1.82) is 0 Å². The molecular weight excluding hydrogens is 322 g/mol. The SMILES string of the molecule is CCN1CCN(Cc2csc(-c3ccc(OC)cc3OC)n2)CC1. The van der Waals surface area contributed by atoms with E-state index >= 15 is 0 Å². The molecule has 0 radical (unpaired) electrons. The lowest BCUT2D eigenvalue weighted by atomic mass is 10.2. The highest BCUT2D eigenvalue weighted by Gasteiger charge is 2.17. The van der Waals surface area contributed by atoms with Crippen molar-refractivity contribution in [2.75, 3.05) is 46.9 Å². The van der Waals surface area contributed by atoms with Crippen LogP contribution >= 0.6 is 11.3 Å². The van der Waals surface area contributed by atoms with Crippen LogP contribution in [-0.4, -0.2) is 61.7 Å². The molecule has 1 aromatic carbocycles. The van der Waals surface area contributed by atoms with E-state index in [1.165, 1.54) is 0 Å². The molecule has 0 bridgehead atoms. The van der Waals surface area contributed by atoms with Gasteiger partial charge in [0.1, 0.15) is 16.5 Å². The van der Waals surface area contributed by atoms with Crippen LogP contribution in [0.15, 0.2) is 23.6 Å². The predicted octanol–water partition coefficient (Wildman–Crippen LogP) is 2.96. The summed E-state index contributed by atoms with van der Waals surface area (Å²) < 4.78 is 10.8. The van der Waals surface area contributed by atoms with Gasteiger partial charge in [0.05, 0.1) is 25.5 Å². The van der Waals surface area contributed by atoms with Crippen molar-refractivity contribution >= 4 is 11.3 Å². The topological polar surface area (TPSA) is 37.8 Å². The molecular formula is C18H25N3O2S. The molecule has 1 aliphatic rings. The molecule has 2 aromatic rings. The second kappa shape index (κ2) is 7.96. The second-order valence-corrected chi connectivity index (χ2v) is 6.78. The van der Waals surface area contributed by atoms with E-state index in [1.54, 1.807) is 25.6 Å². The monoisotopic (exact) mass is 347 g/mol. The summed E-state index contributed by atoms with van der Waals surface area (Å²) in [5, 5.41) is 3.15. The van der Waals surface area contributed by atoms with Crippen LogP contribution in [0.4, 0.5) is 0 Å². The van der Waals surface area contributed by atoms with Crippen LogP contribution in [0.1, 0.15) is 12.6 Å². The molecule has 24 heavy (non-hydrogen) atoms. The molecule has 1 aliphatic heterocycles. The zero-order valence-corrected chi connectivity index (χ0v) is 15.4. The zero-order chi connectivity index (χ0) is 16.9. The van der Waals surface area contributed by atoms with E-state index in [1.807, 2.05) is 18.2 Å². The molecule has 0 unspecified atom stereocenters. The van der Waals surface area contributed by atoms with Crippen molar-refractivity contribution in [2.45, 2.75) is 13.5 Å². The number of hydrogen-bond donors (Lipinski definition) is 0. The fourth-order valence-electron chi connectivity index (χ4n) is 2.97. The molecule has 130 valence electrons. The number of benzene rings is 1. The molecule has 5 nitrogen and oxygen atoms in total. The summed E-state index contributed by atoms with van der Waals surface area (Å²) in [6.45, 7) is 8.84. The van der Waals surface area contributed by atoms with E-state index in [0.29, 0.717) is 0 Å². The third kappa shape index (κ3) is 3.88. The number of nitrogens with zero attached hydrogens (tertiary/aromatic N) is 3. The maximum atomic E-state index is 5.50. The van der Waals surface area contributed by atoms with Gasteiger partial charge in [-0.3, -0.25) is 4.90 Å². The van der Waals surface area contributed by atoms with Gasteiger partial charge in [0.15, 0.2) is 0 Å². The van der Waals surface area contributed by atoms with Crippen LogP contribution in [0.25, 0.3) is 10.6 Å². The summed E-state index contributed by atoms with van der Waals surface area (Å²) in [6, 6.07) is 5.86. The molecule has 0 amide bonds. The molecule has 0 aliphatic carbocycles. The lowest BCUT2D eigenvalue weighted by molar-refractivity contribution is 0.131. The summed E-state index contributed by atoms with van der Waals surface area (Å²) >= 11 is 1.67. The molecule has 0 saturated carbocycles. The first-order valence-electron chi connectivity index (χ1n) is 8.35. The van der Waals surface area contributed by atoms with Gasteiger partial charge >= 0.3 is 0 Å². The Morgan fingerprint density at radius 2 is 1.83 bits per heavy atom. The summed E-state index contributed by atoms with van der Waals surface area (Å²) in [6.07, 6.45) is 0. The fraction of sp³-hybridized carbons (Fsp3) is 0.500. The van der Waals surface area contributed by atoms with Gasteiger partial charge in [-0.1, -0.05) is 6.92 Å².